The molecule has 0 bridgehead atoms. The van der Waals surface area contributed by atoms with Gasteiger partial charge in [0.2, 0.25) is 5.78 Å². The van der Waals surface area contributed by atoms with Crippen LogP contribution in [0, 0.1) is 6.92 Å². The summed E-state index contributed by atoms with van der Waals surface area (Å²) in [6, 6.07) is 30.7. The van der Waals surface area contributed by atoms with Gasteiger partial charge in [-0.1, -0.05) is 96.2 Å². The van der Waals surface area contributed by atoms with Crippen molar-refractivity contribution in [2.24, 2.45) is 0 Å². The van der Waals surface area contributed by atoms with Crippen LogP contribution in [0.1, 0.15) is 16.7 Å². The highest BCUT2D eigenvalue weighted by atomic mass is 32.2. The predicted octanol–water partition coefficient (Wildman–Crippen LogP) is 5.85. The summed E-state index contributed by atoms with van der Waals surface area (Å²) in [6.45, 7) is 2.50. The molecule has 6 rings (SSSR count). The first-order valence-corrected chi connectivity index (χ1v) is 12.2. The molecule has 0 amide bonds. The number of para-hydroxylation sites is 1. The summed E-state index contributed by atoms with van der Waals surface area (Å²) < 4.78 is 3.74. The van der Waals surface area contributed by atoms with Gasteiger partial charge in [-0.05, 0) is 41.0 Å². The topological polar surface area (TPSA) is 52.2 Å². The zero-order chi connectivity index (χ0) is 23.1. The number of thioether (sulfide) groups is 1. The van der Waals surface area contributed by atoms with Gasteiger partial charge in [0.25, 0.3) is 5.56 Å². The summed E-state index contributed by atoms with van der Waals surface area (Å²) in [5.74, 6) is 1.32. The first-order chi connectivity index (χ1) is 16.7. The first kappa shape index (κ1) is 20.7. The molecule has 0 aliphatic carbocycles. The van der Waals surface area contributed by atoms with E-state index in [2.05, 4.69) is 83.9 Å². The molecule has 0 aliphatic heterocycles. The van der Waals surface area contributed by atoms with E-state index < -0.39 is 0 Å². The minimum Gasteiger partial charge on any atom is -0.272 e. The monoisotopic (exact) mass is 462 g/mol. The fourth-order valence-corrected chi connectivity index (χ4v) is 5.35. The highest BCUT2D eigenvalue weighted by molar-refractivity contribution is 7.98. The zero-order valence-corrected chi connectivity index (χ0v) is 19.5. The number of fused-ring (bicyclic) bond motifs is 4. The van der Waals surface area contributed by atoms with E-state index >= 15 is 0 Å². The standard InChI is InChI=1S/C28H22N4OS/c1-19-13-15-20(16-14-19)17-31-26(33)24-11-4-5-12-25(24)32-27(31)29-30-28(32)34-18-22-9-6-8-21-7-2-3-10-23(21)22/h2-16H,17-18H2,1H3. The summed E-state index contributed by atoms with van der Waals surface area (Å²) in [6.07, 6.45) is 0. The van der Waals surface area contributed by atoms with E-state index in [1.807, 2.05) is 28.7 Å². The summed E-state index contributed by atoms with van der Waals surface area (Å²) >= 11 is 1.64. The zero-order valence-electron chi connectivity index (χ0n) is 18.7. The average Bonchev–Trinajstić information content (AvgIpc) is 3.30. The number of benzene rings is 4. The smallest absolute Gasteiger partial charge is 0.263 e. The Morgan fingerprint density at radius 2 is 1.53 bits per heavy atom. The van der Waals surface area contributed by atoms with Crippen molar-refractivity contribution in [3.63, 3.8) is 0 Å². The molecule has 0 radical (unpaired) electrons. The van der Waals surface area contributed by atoms with Crippen LogP contribution in [0.4, 0.5) is 0 Å². The lowest BCUT2D eigenvalue weighted by molar-refractivity contribution is 0.763. The van der Waals surface area contributed by atoms with Crippen molar-refractivity contribution in [2.75, 3.05) is 0 Å². The Morgan fingerprint density at radius 3 is 2.38 bits per heavy atom. The van der Waals surface area contributed by atoms with Crippen LogP contribution in [0.5, 0.6) is 0 Å². The van der Waals surface area contributed by atoms with E-state index in [1.54, 1.807) is 16.3 Å². The van der Waals surface area contributed by atoms with Crippen molar-refractivity contribution in [1.82, 2.24) is 19.2 Å². The van der Waals surface area contributed by atoms with E-state index in [0.717, 1.165) is 22.0 Å². The van der Waals surface area contributed by atoms with Gasteiger partial charge in [0.1, 0.15) is 0 Å². The molecule has 0 atom stereocenters. The molecule has 0 aliphatic rings. The Balaban J connectivity index is 1.46. The van der Waals surface area contributed by atoms with Crippen molar-refractivity contribution < 1.29 is 0 Å². The Kier molecular flexibility index (Phi) is 5.15. The predicted molar refractivity (Wildman–Crippen MR) is 139 cm³/mol. The molecule has 2 aromatic heterocycles. The van der Waals surface area contributed by atoms with Crippen molar-refractivity contribution in [1.29, 1.82) is 0 Å². The highest BCUT2D eigenvalue weighted by Gasteiger charge is 2.17. The molecule has 2 heterocycles. The molecular formula is C28H22N4OS. The average molecular weight is 463 g/mol. The molecule has 6 heteroatoms. The van der Waals surface area contributed by atoms with Gasteiger partial charge in [-0.3, -0.25) is 13.8 Å². The number of hydrogen-bond acceptors (Lipinski definition) is 4. The molecule has 0 N–H and O–H groups in total. The van der Waals surface area contributed by atoms with Gasteiger partial charge in [0.15, 0.2) is 5.16 Å². The van der Waals surface area contributed by atoms with Gasteiger partial charge in [0.05, 0.1) is 17.4 Å². The Bertz CT molecular complexity index is 1710. The second-order valence-corrected chi connectivity index (χ2v) is 9.38. The maximum atomic E-state index is 13.4. The maximum absolute atomic E-state index is 13.4. The van der Waals surface area contributed by atoms with Crippen LogP contribution in [-0.4, -0.2) is 19.2 Å². The summed E-state index contributed by atoms with van der Waals surface area (Å²) in [7, 11) is 0. The second kappa shape index (κ2) is 8.47. The molecule has 0 spiro atoms. The number of nitrogens with zero attached hydrogens (tertiary/aromatic N) is 4. The molecule has 4 aromatic carbocycles. The summed E-state index contributed by atoms with van der Waals surface area (Å²) in [5.41, 5.74) is 4.26. The summed E-state index contributed by atoms with van der Waals surface area (Å²) in [4.78, 5) is 13.4. The molecule has 0 fully saturated rings. The lowest BCUT2D eigenvalue weighted by Gasteiger charge is -2.12. The van der Waals surface area contributed by atoms with Crippen molar-refractivity contribution in [2.45, 2.75) is 24.4 Å². The molecule has 0 saturated heterocycles. The quantitative estimate of drug-likeness (QED) is 0.302. The van der Waals surface area contributed by atoms with Crippen molar-refractivity contribution in [3.05, 3.63) is 118 Å². The molecule has 166 valence electrons. The molecule has 5 nitrogen and oxygen atoms in total. The second-order valence-electron chi connectivity index (χ2n) is 8.44. The van der Waals surface area contributed by atoms with Crippen LogP contribution in [0.25, 0.3) is 27.5 Å². The van der Waals surface area contributed by atoms with Crippen molar-refractivity contribution in [3.8, 4) is 0 Å². The lowest BCUT2D eigenvalue weighted by Crippen LogP contribution is -2.24. The van der Waals surface area contributed by atoms with Crippen LogP contribution in [-0.2, 0) is 12.3 Å². The van der Waals surface area contributed by atoms with Gasteiger partial charge in [-0.25, -0.2) is 0 Å². The van der Waals surface area contributed by atoms with E-state index in [1.165, 1.54) is 21.9 Å². The van der Waals surface area contributed by atoms with Crippen LogP contribution < -0.4 is 5.56 Å². The third-order valence-corrected chi connectivity index (χ3v) is 7.15. The minimum atomic E-state index is -0.0540. The van der Waals surface area contributed by atoms with Crippen LogP contribution in [0.3, 0.4) is 0 Å². The molecule has 6 aromatic rings. The number of rotatable bonds is 5. The third kappa shape index (κ3) is 3.56. The SMILES string of the molecule is Cc1ccc(Cn2c(=O)c3ccccc3n3c(SCc4cccc5ccccc45)nnc23)cc1. The number of hydrogen-bond donors (Lipinski definition) is 0. The van der Waals surface area contributed by atoms with Gasteiger partial charge >= 0.3 is 0 Å². The highest BCUT2D eigenvalue weighted by Crippen LogP contribution is 2.28. The number of aromatic nitrogens is 4. The molecule has 34 heavy (non-hydrogen) atoms. The fraction of sp³-hybridized carbons (Fsp3) is 0.107. The maximum Gasteiger partial charge on any atom is 0.263 e. The van der Waals surface area contributed by atoms with E-state index in [0.29, 0.717) is 17.7 Å². The van der Waals surface area contributed by atoms with E-state index in [9.17, 15) is 4.79 Å². The third-order valence-electron chi connectivity index (χ3n) is 6.18. The summed E-state index contributed by atoms with van der Waals surface area (Å²) in [5, 5.41) is 12.9. The van der Waals surface area contributed by atoms with Gasteiger partial charge in [-0.15, -0.1) is 10.2 Å². The van der Waals surface area contributed by atoms with Crippen molar-refractivity contribution >= 4 is 39.2 Å². The van der Waals surface area contributed by atoms with Crippen LogP contribution >= 0.6 is 11.8 Å². The Hall–Kier alpha value is -3.90. The molecule has 0 unspecified atom stereocenters. The Labute approximate surface area is 200 Å². The normalized spacial score (nSPS) is 11.6. The largest absolute Gasteiger partial charge is 0.272 e. The Morgan fingerprint density at radius 1 is 0.794 bits per heavy atom. The van der Waals surface area contributed by atoms with Gasteiger partial charge < -0.3 is 0 Å². The molecular weight excluding hydrogens is 440 g/mol. The van der Waals surface area contributed by atoms with Gasteiger partial charge in [-0.2, -0.15) is 0 Å². The van der Waals surface area contributed by atoms with Gasteiger partial charge in [0, 0.05) is 5.75 Å². The number of aryl methyl sites for hydroxylation is 1. The van der Waals surface area contributed by atoms with Crippen LogP contribution in [0.15, 0.2) is 101 Å². The fourth-order valence-electron chi connectivity index (χ4n) is 4.41. The van der Waals surface area contributed by atoms with E-state index in [4.69, 9.17) is 0 Å². The minimum absolute atomic E-state index is 0.0540. The van der Waals surface area contributed by atoms with Crippen LogP contribution in [0.2, 0.25) is 0 Å². The molecule has 0 saturated carbocycles. The lowest BCUT2D eigenvalue weighted by atomic mass is 10.1. The van der Waals surface area contributed by atoms with E-state index in [-0.39, 0.29) is 5.56 Å². The first-order valence-electron chi connectivity index (χ1n) is 11.2.